The fourth-order valence-electron chi connectivity index (χ4n) is 2.43. The average Bonchev–Trinajstić information content (AvgIpc) is 2.49. The average molecular weight is 340 g/mol. The van der Waals surface area contributed by atoms with Crippen molar-refractivity contribution in [1.82, 2.24) is 14.8 Å². The van der Waals surface area contributed by atoms with Gasteiger partial charge in [-0.05, 0) is 24.5 Å². The van der Waals surface area contributed by atoms with Crippen LogP contribution in [0.1, 0.15) is 24.8 Å². The van der Waals surface area contributed by atoms with Gasteiger partial charge in [-0.3, -0.25) is 14.7 Å². The van der Waals surface area contributed by atoms with Gasteiger partial charge >= 0.3 is 0 Å². The lowest BCUT2D eigenvalue weighted by molar-refractivity contribution is -0.133. The Kier molecular flexibility index (Phi) is 6.47. The molecule has 1 fully saturated rings. The van der Waals surface area contributed by atoms with Crippen LogP contribution in [0.3, 0.4) is 0 Å². The van der Waals surface area contributed by atoms with Crippen LogP contribution in [-0.4, -0.2) is 52.2 Å². The van der Waals surface area contributed by atoms with Gasteiger partial charge in [0.25, 0.3) is 0 Å². The number of pyridine rings is 1. The smallest absolute Gasteiger partial charge is 0.222 e. The van der Waals surface area contributed by atoms with E-state index in [1.54, 1.807) is 6.20 Å². The summed E-state index contributed by atoms with van der Waals surface area (Å²) in [5.74, 6) is 0.312. The van der Waals surface area contributed by atoms with Crippen molar-refractivity contribution in [1.29, 1.82) is 0 Å². The van der Waals surface area contributed by atoms with Crippen molar-refractivity contribution in [2.45, 2.75) is 25.8 Å². The second-order valence-corrected chi connectivity index (χ2v) is 5.96. The molecule has 2 rings (SSSR count). The Labute approximate surface area is 129 Å². The van der Waals surface area contributed by atoms with Crippen molar-refractivity contribution in [3.63, 3.8) is 0 Å². The molecule has 0 saturated carbocycles. The number of aromatic nitrogens is 1. The number of hydrogen-bond donors (Lipinski definition) is 0. The normalized spacial score (nSPS) is 16.4. The molecule has 0 aliphatic carbocycles. The van der Waals surface area contributed by atoms with Crippen LogP contribution in [0.15, 0.2) is 24.5 Å². The summed E-state index contributed by atoms with van der Waals surface area (Å²) in [6, 6.07) is 4.07. The number of nitrogens with zero attached hydrogens (tertiary/aromatic N) is 3. The molecule has 1 aromatic heterocycles. The van der Waals surface area contributed by atoms with Crippen LogP contribution in [0.25, 0.3) is 0 Å². The molecule has 20 heavy (non-hydrogen) atoms. The number of rotatable bonds is 6. The number of carbonyl (C=O) groups is 1. The molecule has 4 nitrogen and oxygen atoms in total. The van der Waals surface area contributed by atoms with E-state index in [0.717, 1.165) is 50.9 Å². The molecule has 0 bridgehead atoms. The van der Waals surface area contributed by atoms with Crippen LogP contribution in [0.5, 0.6) is 0 Å². The zero-order chi connectivity index (χ0) is 14.2. The molecule has 1 saturated heterocycles. The van der Waals surface area contributed by atoms with Gasteiger partial charge in [0.15, 0.2) is 0 Å². The fourth-order valence-corrected chi connectivity index (χ4v) is 2.83. The van der Waals surface area contributed by atoms with Crippen LogP contribution < -0.4 is 0 Å². The molecule has 1 aromatic rings. The molecule has 2 heterocycles. The quantitative estimate of drug-likeness (QED) is 0.589. The van der Waals surface area contributed by atoms with Crippen LogP contribution in [-0.2, 0) is 11.3 Å². The summed E-state index contributed by atoms with van der Waals surface area (Å²) >= 11 is 3.40. The lowest BCUT2D eigenvalue weighted by atomic mass is 10.2. The SMILES string of the molecule is O=C(CCCCBr)N1CCN(Cc2cccnc2)CC1. The lowest BCUT2D eigenvalue weighted by Gasteiger charge is -2.34. The van der Waals surface area contributed by atoms with Crippen LogP contribution in [0.2, 0.25) is 0 Å². The number of alkyl halides is 1. The van der Waals surface area contributed by atoms with Crippen molar-refractivity contribution < 1.29 is 4.79 Å². The summed E-state index contributed by atoms with van der Waals surface area (Å²) in [7, 11) is 0. The van der Waals surface area contributed by atoms with Gasteiger partial charge in [0, 0.05) is 56.9 Å². The minimum absolute atomic E-state index is 0.312. The molecule has 1 aliphatic heterocycles. The Bertz CT molecular complexity index is 405. The summed E-state index contributed by atoms with van der Waals surface area (Å²) in [6.45, 7) is 4.55. The first-order valence-electron chi connectivity index (χ1n) is 7.24. The van der Waals surface area contributed by atoms with E-state index in [0.29, 0.717) is 12.3 Å². The zero-order valence-electron chi connectivity index (χ0n) is 11.8. The second-order valence-electron chi connectivity index (χ2n) is 5.16. The van der Waals surface area contributed by atoms with E-state index < -0.39 is 0 Å². The molecular formula is C15H22BrN3O. The fraction of sp³-hybridized carbons (Fsp3) is 0.600. The zero-order valence-corrected chi connectivity index (χ0v) is 13.4. The molecule has 0 unspecified atom stereocenters. The molecule has 0 radical (unpaired) electrons. The van der Waals surface area contributed by atoms with Crippen molar-refractivity contribution in [2.24, 2.45) is 0 Å². The first kappa shape index (κ1) is 15.4. The molecule has 5 heteroatoms. The topological polar surface area (TPSA) is 36.4 Å². The highest BCUT2D eigenvalue weighted by atomic mass is 79.9. The van der Waals surface area contributed by atoms with Gasteiger partial charge in [0.2, 0.25) is 5.91 Å². The first-order chi connectivity index (χ1) is 9.79. The highest BCUT2D eigenvalue weighted by Gasteiger charge is 2.20. The second kappa shape index (κ2) is 8.37. The largest absolute Gasteiger partial charge is 0.340 e. The van der Waals surface area contributed by atoms with Crippen LogP contribution in [0.4, 0.5) is 0 Å². The van der Waals surface area contributed by atoms with E-state index in [1.807, 2.05) is 17.2 Å². The monoisotopic (exact) mass is 339 g/mol. The van der Waals surface area contributed by atoms with E-state index in [-0.39, 0.29) is 0 Å². The molecular weight excluding hydrogens is 318 g/mol. The molecule has 0 atom stereocenters. The van der Waals surface area contributed by atoms with Gasteiger partial charge < -0.3 is 4.90 Å². The summed E-state index contributed by atoms with van der Waals surface area (Å²) in [5, 5.41) is 0.985. The van der Waals surface area contributed by atoms with Gasteiger partial charge in [0.1, 0.15) is 0 Å². The minimum Gasteiger partial charge on any atom is -0.340 e. The van der Waals surface area contributed by atoms with E-state index in [9.17, 15) is 4.79 Å². The Morgan fingerprint density at radius 3 is 2.70 bits per heavy atom. The standard InChI is InChI=1S/C15H22BrN3O/c16-6-2-1-5-15(20)19-10-8-18(9-11-19)13-14-4-3-7-17-12-14/h3-4,7,12H,1-2,5-6,8-11,13H2. The molecule has 1 amide bonds. The summed E-state index contributed by atoms with van der Waals surface area (Å²) in [5.41, 5.74) is 1.24. The summed E-state index contributed by atoms with van der Waals surface area (Å²) < 4.78 is 0. The summed E-state index contributed by atoms with van der Waals surface area (Å²) in [4.78, 5) is 20.6. The van der Waals surface area contributed by atoms with E-state index in [4.69, 9.17) is 0 Å². The van der Waals surface area contributed by atoms with Crippen molar-refractivity contribution in [2.75, 3.05) is 31.5 Å². The maximum atomic E-state index is 12.0. The molecule has 0 N–H and O–H groups in total. The van der Waals surface area contributed by atoms with Gasteiger partial charge in [-0.1, -0.05) is 22.0 Å². The highest BCUT2D eigenvalue weighted by molar-refractivity contribution is 9.09. The van der Waals surface area contributed by atoms with Crippen molar-refractivity contribution in [3.8, 4) is 0 Å². The maximum Gasteiger partial charge on any atom is 0.222 e. The van der Waals surface area contributed by atoms with Gasteiger partial charge in [-0.25, -0.2) is 0 Å². The van der Waals surface area contributed by atoms with Crippen molar-refractivity contribution >= 4 is 21.8 Å². The predicted molar refractivity (Wildman–Crippen MR) is 83.7 cm³/mol. The van der Waals surface area contributed by atoms with Gasteiger partial charge in [-0.2, -0.15) is 0 Å². The molecule has 110 valence electrons. The molecule has 1 aliphatic rings. The lowest BCUT2D eigenvalue weighted by Crippen LogP contribution is -2.48. The summed E-state index contributed by atoms with van der Waals surface area (Å²) in [6.07, 6.45) is 6.46. The highest BCUT2D eigenvalue weighted by Crippen LogP contribution is 2.10. The first-order valence-corrected chi connectivity index (χ1v) is 8.37. The third kappa shape index (κ3) is 4.87. The van der Waals surface area contributed by atoms with Crippen LogP contribution >= 0.6 is 15.9 Å². The van der Waals surface area contributed by atoms with E-state index in [1.165, 1.54) is 5.56 Å². The molecule has 0 aromatic carbocycles. The Morgan fingerprint density at radius 1 is 1.25 bits per heavy atom. The third-order valence-corrected chi connectivity index (χ3v) is 4.19. The van der Waals surface area contributed by atoms with Crippen molar-refractivity contribution in [3.05, 3.63) is 30.1 Å². The van der Waals surface area contributed by atoms with Gasteiger partial charge in [-0.15, -0.1) is 0 Å². The third-order valence-electron chi connectivity index (χ3n) is 3.63. The number of amides is 1. The van der Waals surface area contributed by atoms with E-state index >= 15 is 0 Å². The Hall–Kier alpha value is -0.940. The number of unbranched alkanes of at least 4 members (excludes halogenated alkanes) is 1. The number of halogens is 1. The maximum absolute atomic E-state index is 12.0. The minimum atomic E-state index is 0.312. The number of piperazine rings is 1. The van der Waals surface area contributed by atoms with E-state index in [2.05, 4.69) is 31.9 Å². The Balaban J connectivity index is 1.71. The van der Waals surface area contributed by atoms with Crippen LogP contribution in [0, 0.1) is 0 Å². The number of carbonyl (C=O) groups excluding carboxylic acids is 1. The van der Waals surface area contributed by atoms with Gasteiger partial charge in [0.05, 0.1) is 0 Å². The molecule has 0 spiro atoms. The number of hydrogen-bond acceptors (Lipinski definition) is 3. The Morgan fingerprint density at radius 2 is 2.05 bits per heavy atom. The predicted octanol–water partition coefficient (Wildman–Crippen LogP) is 2.29.